The van der Waals surface area contributed by atoms with Gasteiger partial charge in [0.25, 0.3) is 0 Å². The van der Waals surface area contributed by atoms with E-state index in [9.17, 15) is 0 Å². The second-order valence-corrected chi connectivity index (χ2v) is 4.86. The Balaban J connectivity index is 3.08. The molecule has 12 heavy (non-hydrogen) atoms. The van der Waals surface area contributed by atoms with E-state index in [1.165, 1.54) is 12.2 Å². The molecule has 0 radical (unpaired) electrons. The highest BCUT2D eigenvalue weighted by Crippen LogP contribution is 2.07. The lowest BCUT2D eigenvalue weighted by Crippen LogP contribution is -2.27. The van der Waals surface area contributed by atoms with Crippen LogP contribution >= 0.6 is 23.4 Å². The molecule has 0 rings (SSSR count). The Hall–Kier alpha value is 0.600. The molecule has 0 spiro atoms. The first-order chi connectivity index (χ1) is 5.68. The van der Waals surface area contributed by atoms with Crippen LogP contribution in [0.5, 0.6) is 0 Å². The minimum Gasteiger partial charge on any atom is -0.315 e. The fourth-order valence-electron chi connectivity index (χ4n) is 0.817. The van der Waals surface area contributed by atoms with Gasteiger partial charge in [0.2, 0.25) is 0 Å². The molecule has 0 fully saturated rings. The number of hydrogen-bond donors (Lipinski definition) is 1. The van der Waals surface area contributed by atoms with Gasteiger partial charge in [-0.1, -0.05) is 13.8 Å². The second-order valence-electron chi connectivity index (χ2n) is 3.31. The van der Waals surface area contributed by atoms with E-state index in [0.29, 0.717) is 5.92 Å². The lowest BCUT2D eigenvalue weighted by atomic mass is 10.1. The van der Waals surface area contributed by atoms with Gasteiger partial charge in [0.15, 0.2) is 0 Å². The first-order valence-corrected chi connectivity index (χ1v) is 6.35. The summed E-state index contributed by atoms with van der Waals surface area (Å²) >= 11 is 7.95. The number of halogens is 1. The SMILES string of the molecule is CSCCCNCC(Cl)C(C)C. The summed E-state index contributed by atoms with van der Waals surface area (Å²) < 4.78 is 0. The molecule has 0 saturated carbocycles. The third-order valence-electron chi connectivity index (χ3n) is 1.76. The summed E-state index contributed by atoms with van der Waals surface area (Å²) in [6.45, 7) is 6.34. The lowest BCUT2D eigenvalue weighted by Gasteiger charge is -2.13. The molecule has 1 N–H and O–H groups in total. The van der Waals surface area contributed by atoms with Gasteiger partial charge in [-0.15, -0.1) is 11.6 Å². The smallest absolute Gasteiger partial charge is 0.0483 e. The van der Waals surface area contributed by atoms with Crippen LogP contribution in [0.25, 0.3) is 0 Å². The van der Waals surface area contributed by atoms with Crippen LogP contribution in [-0.4, -0.2) is 30.5 Å². The van der Waals surface area contributed by atoms with Crippen molar-refractivity contribution in [1.82, 2.24) is 5.32 Å². The predicted molar refractivity (Wildman–Crippen MR) is 60.3 cm³/mol. The van der Waals surface area contributed by atoms with Crippen LogP contribution in [0.2, 0.25) is 0 Å². The van der Waals surface area contributed by atoms with Crippen molar-refractivity contribution >= 4 is 23.4 Å². The van der Waals surface area contributed by atoms with Gasteiger partial charge >= 0.3 is 0 Å². The van der Waals surface area contributed by atoms with Gasteiger partial charge < -0.3 is 5.32 Å². The van der Waals surface area contributed by atoms with Crippen molar-refractivity contribution in [2.75, 3.05) is 25.1 Å². The van der Waals surface area contributed by atoms with Crippen molar-refractivity contribution in [1.29, 1.82) is 0 Å². The van der Waals surface area contributed by atoms with Crippen molar-refractivity contribution < 1.29 is 0 Å². The molecule has 74 valence electrons. The Morgan fingerprint density at radius 2 is 2.08 bits per heavy atom. The molecule has 0 saturated heterocycles. The zero-order valence-electron chi connectivity index (χ0n) is 8.27. The number of nitrogens with one attached hydrogen (secondary N) is 1. The van der Waals surface area contributed by atoms with Crippen LogP contribution in [0.3, 0.4) is 0 Å². The monoisotopic (exact) mass is 209 g/mol. The van der Waals surface area contributed by atoms with E-state index in [2.05, 4.69) is 25.4 Å². The molecule has 1 atom stereocenters. The zero-order chi connectivity index (χ0) is 9.40. The molecule has 0 aliphatic carbocycles. The largest absolute Gasteiger partial charge is 0.315 e. The average Bonchev–Trinajstić information content (AvgIpc) is 2.03. The Bertz CT molecular complexity index is 98.5. The number of rotatable bonds is 7. The summed E-state index contributed by atoms with van der Waals surface area (Å²) in [5.74, 6) is 1.81. The maximum atomic E-state index is 6.06. The van der Waals surface area contributed by atoms with Gasteiger partial charge in [-0.05, 0) is 30.9 Å². The maximum absolute atomic E-state index is 6.06. The Labute approximate surface area is 85.6 Å². The van der Waals surface area contributed by atoms with Gasteiger partial charge in [-0.2, -0.15) is 11.8 Å². The summed E-state index contributed by atoms with van der Waals surface area (Å²) in [4.78, 5) is 0. The van der Waals surface area contributed by atoms with E-state index in [1.54, 1.807) is 0 Å². The van der Waals surface area contributed by atoms with Crippen molar-refractivity contribution in [2.45, 2.75) is 25.6 Å². The minimum absolute atomic E-state index is 0.277. The van der Waals surface area contributed by atoms with E-state index in [4.69, 9.17) is 11.6 Å². The first kappa shape index (κ1) is 12.6. The van der Waals surface area contributed by atoms with E-state index < -0.39 is 0 Å². The van der Waals surface area contributed by atoms with Crippen LogP contribution in [-0.2, 0) is 0 Å². The molecule has 0 aromatic rings. The third-order valence-corrected chi connectivity index (χ3v) is 3.12. The van der Waals surface area contributed by atoms with Crippen molar-refractivity contribution in [2.24, 2.45) is 5.92 Å². The third kappa shape index (κ3) is 7.26. The topological polar surface area (TPSA) is 12.0 Å². The molecule has 0 aliphatic rings. The minimum atomic E-state index is 0.277. The van der Waals surface area contributed by atoms with E-state index in [-0.39, 0.29) is 5.38 Å². The quantitative estimate of drug-likeness (QED) is 0.511. The summed E-state index contributed by atoms with van der Waals surface area (Å²) in [6, 6.07) is 0. The number of alkyl halides is 1. The van der Waals surface area contributed by atoms with Gasteiger partial charge in [0, 0.05) is 11.9 Å². The summed E-state index contributed by atoms with van der Waals surface area (Å²) in [5, 5.41) is 3.63. The van der Waals surface area contributed by atoms with E-state index in [0.717, 1.165) is 13.1 Å². The second kappa shape index (κ2) is 8.21. The zero-order valence-corrected chi connectivity index (χ0v) is 9.84. The Morgan fingerprint density at radius 3 is 2.58 bits per heavy atom. The van der Waals surface area contributed by atoms with Crippen LogP contribution in [0.1, 0.15) is 20.3 Å². The normalized spacial score (nSPS) is 13.8. The standard InChI is InChI=1S/C9H20ClNS/c1-8(2)9(10)7-11-5-4-6-12-3/h8-9,11H,4-7H2,1-3H3. The summed E-state index contributed by atoms with van der Waals surface area (Å²) in [5.41, 5.74) is 0. The fraction of sp³-hybridized carbons (Fsp3) is 1.00. The molecule has 0 heterocycles. The van der Waals surface area contributed by atoms with Crippen LogP contribution in [0.15, 0.2) is 0 Å². The highest BCUT2D eigenvalue weighted by Gasteiger charge is 2.07. The molecule has 3 heteroatoms. The molecule has 0 aromatic heterocycles. The van der Waals surface area contributed by atoms with Gasteiger partial charge in [0.1, 0.15) is 0 Å². The van der Waals surface area contributed by atoms with Gasteiger partial charge in [-0.25, -0.2) is 0 Å². The van der Waals surface area contributed by atoms with Crippen LogP contribution < -0.4 is 5.32 Å². The Kier molecular flexibility index (Phi) is 8.62. The highest BCUT2D eigenvalue weighted by atomic mass is 35.5. The predicted octanol–water partition coefficient (Wildman–Crippen LogP) is 2.59. The highest BCUT2D eigenvalue weighted by molar-refractivity contribution is 7.98. The molecule has 0 aliphatic heterocycles. The van der Waals surface area contributed by atoms with Crippen LogP contribution in [0.4, 0.5) is 0 Å². The van der Waals surface area contributed by atoms with Crippen LogP contribution in [0, 0.1) is 5.92 Å². The van der Waals surface area contributed by atoms with Gasteiger partial charge in [-0.3, -0.25) is 0 Å². The maximum Gasteiger partial charge on any atom is 0.0483 e. The lowest BCUT2D eigenvalue weighted by molar-refractivity contribution is 0.545. The molecule has 0 bridgehead atoms. The average molecular weight is 210 g/mol. The Morgan fingerprint density at radius 1 is 1.42 bits per heavy atom. The van der Waals surface area contributed by atoms with E-state index >= 15 is 0 Å². The number of hydrogen-bond acceptors (Lipinski definition) is 2. The van der Waals surface area contributed by atoms with Crippen molar-refractivity contribution in [3.05, 3.63) is 0 Å². The summed E-state index contributed by atoms with van der Waals surface area (Å²) in [7, 11) is 0. The van der Waals surface area contributed by atoms with Gasteiger partial charge in [0.05, 0.1) is 0 Å². The summed E-state index contributed by atoms with van der Waals surface area (Å²) in [6.07, 6.45) is 3.38. The first-order valence-electron chi connectivity index (χ1n) is 4.52. The van der Waals surface area contributed by atoms with Crippen molar-refractivity contribution in [3.8, 4) is 0 Å². The molecule has 1 unspecified atom stereocenters. The molecule has 0 aromatic carbocycles. The molecular formula is C9H20ClNS. The molecular weight excluding hydrogens is 190 g/mol. The molecule has 1 nitrogen and oxygen atoms in total. The molecule has 0 amide bonds. The fourth-order valence-corrected chi connectivity index (χ4v) is 1.36. The van der Waals surface area contributed by atoms with Crippen molar-refractivity contribution in [3.63, 3.8) is 0 Å². The number of thioether (sulfide) groups is 1. The van der Waals surface area contributed by atoms with E-state index in [1.807, 2.05) is 11.8 Å².